The van der Waals surface area contributed by atoms with Gasteiger partial charge in [0.15, 0.2) is 0 Å². The summed E-state index contributed by atoms with van der Waals surface area (Å²) >= 11 is 0. The van der Waals surface area contributed by atoms with Crippen LogP contribution in [0.5, 0.6) is 0 Å². The highest BCUT2D eigenvalue weighted by Crippen LogP contribution is 2.18. The van der Waals surface area contributed by atoms with Crippen molar-refractivity contribution in [2.24, 2.45) is 17.2 Å². The van der Waals surface area contributed by atoms with Crippen LogP contribution >= 0.6 is 0 Å². The van der Waals surface area contributed by atoms with Crippen LogP contribution in [0.15, 0.2) is 0 Å². The minimum atomic E-state index is -1.06. The van der Waals surface area contributed by atoms with Crippen LogP contribution in [0.2, 0.25) is 0 Å². The highest BCUT2D eigenvalue weighted by Gasteiger charge is 2.36. The predicted molar refractivity (Wildman–Crippen MR) is 73.6 cm³/mol. The van der Waals surface area contributed by atoms with Gasteiger partial charge in [-0.15, -0.1) is 0 Å². The quantitative estimate of drug-likeness (QED) is 0.362. The van der Waals surface area contributed by atoms with Gasteiger partial charge in [-0.05, 0) is 12.8 Å². The summed E-state index contributed by atoms with van der Waals surface area (Å²) < 4.78 is 0. The van der Waals surface area contributed by atoms with Gasteiger partial charge in [-0.2, -0.15) is 0 Å². The van der Waals surface area contributed by atoms with Gasteiger partial charge in [0.05, 0.1) is 18.5 Å². The first-order valence-corrected chi connectivity index (χ1v) is 6.70. The van der Waals surface area contributed by atoms with E-state index in [-0.39, 0.29) is 13.0 Å². The van der Waals surface area contributed by atoms with Crippen LogP contribution in [-0.2, 0) is 19.2 Å². The number of nitrogens with two attached hydrogens (primary N) is 3. The molecule has 0 aromatic heterocycles. The molecule has 0 aromatic rings. The summed E-state index contributed by atoms with van der Waals surface area (Å²) in [5.74, 6) is -1.63. The Kier molecular flexibility index (Phi) is 6.25. The zero-order valence-electron chi connectivity index (χ0n) is 11.7. The summed E-state index contributed by atoms with van der Waals surface area (Å²) in [6, 6.07) is -2.55. The molecule has 0 aliphatic carbocycles. The lowest BCUT2D eigenvalue weighted by molar-refractivity contribution is -0.140. The third-order valence-corrected chi connectivity index (χ3v) is 3.32. The lowest BCUT2D eigenvalue weighted by Gasteiger charge is -2.27. The van der Waals surface area contributed by atoms with Crippen molar-refractivity contribution in [1.82, 2.24) is 10.2 Å². The molecule has 21 heavy (non-hydrogen) atoms. The predicted octanol–water partition coefficient (Wildman–Crippen LogP) is -3.18. The lowest BCUT2D eigenvalue weighted by atomic mass is 10.1. The van der Waals surface area contributed by atoms with Crippen molar-refractivity contribution in [3.8, 4) is 0 Å². The fourth-order valence-corrected chi connectivity index (χ4v) is 2.25. The van der Waals surface area contributed by atoms with Gasteiger partial charge >= 0.3 is 0 Å². The van der Waals surface area contributed by atoms with Crippen LogP contribution in [0.25, 0.3) is 0 Å². The van der Waals surface area contributed by atoms with Gasteiger partial charge in [0.2, 0.25) is 17.7 Å². The average molecular weight is 299 g/mol. The van der Waals surface area contributed by atoms with E-state index in [1.807, 2.05) is 0 Å². The number of aldehydes is 1. The van der Waals surface area contributed by atoms with Gasteiger partial charge in [0.25, 0.3) is 0 Å². The number of hydrogen-bond acceptors (Lipinski definition) is 6. The summed E-state index contributed by atoms with van der Waals surface area (Å²) in [5, 5.41) is 2.46. The molecular formula is C12H21N5O4. The summed E-state index contributed by atoms with van der Waals surface area (Å²) in [7, 11) is 0. The maximum absolute atomic E-state index is 12.1. The van der Waals surface area contributed by atoms with Gasteiger partial charge in [0, 0.05) is 13.1 Å². The number of nitrogens with zero attached hydrogens (tertiary/aromatic N) is 1. The molecule has 9 nitrogen and oxygen atoms in total. The van der Waals surface area contributed by atoms with Crippen LogP contribution < -0.4 is 22.5 Å². The first-order chi connectivity index (χ1) is 9.90. The molecule has 3 amide bonds. The van der Waals surface area contributed by atoms with Crippen molar-refractivity contribution in [1.29, 1.82) is 0 Å². The molecule has 0 saturated carbocycles. The normalized spacial score (nSPS) is 20.7. The maximum atomic E-state index is 12.1. The Morgan fingerprint density at radius 1 is 1.38 bits per heavy atom. The molecule has 7 N–H and O–H groups in total. The molecule has 1 heterocycles. The smallest absolute Gasteiger partial charge is 0.243 e. The molecule has 0 aromatic carbocycles. The van der Waals surface area contributed by atoms with E-state index in [2.05, 4.69) is 5.32 Å². The number of carbonyl (C=O) groups is 4. The second-order valence-electron chi connectivity index (χ2n) is 4.95. The van der Waals surface area contributed by atoms with E-state index < -0.39 is 35.8 Å². The van der Waals surface area contributed by atoms with Crippen molar-refractivity contribution in [3.05, 3.63) is 0 Å². The van der Waals surface area contributed by atoms with Crippen molar-refractivity contribution >= 4 is 24.0 Å². The molecule has 0 unspecified atom stereocenters. The largest absolute Gasteiger partial charge is 0.370 e. The second-order valence-corrected chi connectivity index (χ2v) is 4.95. The molecule has 0 radical (unpaired) electrons. The topological polar surface area (TPSA) is 162 Å². The third kappa shape index (κ3) is 4.50. The number of carbonyl (C=O) groups excluding carboxylic acids is 4. The van der Waals surface area contributed by atoms with Crippen LogP contribution in [-0.4, -0.2) is 60.1 Å². The number of hydrogen-bond donors (Lipinski definition) is 4. The maximum Gasteiger partial charge on any atom is 0.243 e. The Hall–Kier alpha value is -2.00. The van der Waals surface area contributed by atoms with Gasteiger partial charge in [-0.1, -0.05) is 0 Å². The average Bonchev–Trinajstić information content (AvgIpc) is 2.92. The van der Waals surface area contributed by atoms with E-state index >= 15 is 0 Å². The summed E-state index contributed by atoms with van der Waals surface area (Å²) in [4.78, 5) is 47.0. The van der Waals surface area contributed by atoms with Crippen LogP contribution in [0.3, 0.4) is 0 Å². The zero-order chi connectivity index (χ0) is 16.0. The molecule has 0 bridgehead atoms. The van der Waals surface area contributed by atoms with Crippen LogP contribution in [0.4, 0.5) is 0 Å². The fourth-order valence-electron chi connectivity index (χ4n) is 2.25. The van der Waals surface area contributed by atoms with Crippen LogP contribution in [0.1, 0.15) is 19.3 Å². The number of rotatable bonds is 7. The van der Waals surface area contributed by atoms with Gasteiger partial charge < -0.3 is 32.2 Å². The summed E-state index contributed by atoms with van der Waals surface area (Å²) in [5.41, 5.74) is 15.9. The Morgan fingerprint density at radius 3 is 2.57 bits per heavy atom. The van der Waals surface area contributed by atoms with E-state index in [0.29, 0.717) is 25.7 Å². The van der Waals surface area contributed by atoms with Crippen LogP contribution in [0, 0.1) is 0 Å². The first kappa shape index (κ1) is 17.1. The molecule has 1 rings (SSSR count). The van der Waals surface area contributed by atoms with Gasteiger partial charge in [-0.3, -0.25) is 14.4 Å². The zero-order valence-corrected chi connectivity index (χ0v) is 11.7. The molecule has 1 aliphatic rings. The first-order valence-electron chi connectivity index (χ1n) is 6.70. The lowest BCUT2D eigenvalue weighted by Crippen LogP contribution is -2.54. The summed E-state index contributed by atoms with van der Waals surface area (Å²) in [6.07, 6.45) is 1.37. The third-order valence-electron chi connectivity index (χ3n) is 3.32. The monoisotopic (exact) mass is 299 g/mol. The van der Waals surface area contributed by atoms with E-state index in [4.69, 9.17) is 17.2 Å². The molecule has 1 saturated heterocycles. The number of likely N-dealkylation sites (tertiary alicyclic amines) is 1. The Bertz CT molecular complexity index is 428. The molecule has 9 heteroatoms. The molecule has 0 spiro atoms. The number of amides is 3. The molecule has 1 aliphatic heterocycles. The molecule has 3 atom stereocenters. The second kappa shape index (κ2) is 7.70. The van der Waals surface area contributed by atoms with Gasteiger partial charge in [0.1, 0.15) is 12.3 Å². The Balaban J connectivity index is 2.70. The van der Waals surface area contributed by atoms with Crippen molar-refractivity contribution in [3.63, 3.8) is 0 Å². The fraction of sp³-hybridized carbons (Fsp3) is 0.667. The molecule has 1 fully saturated rings. The summed E-state index contributed by atoms with van der Waals surface area (Å²) in [6.45, 7) is 0.356. The highest BCUT2D eigenvalue weighted by molar-refractivity contribution is 5.93. The Labute approximate surface area is 122 Å². The number of nitrogens with one attached hydrogen (secondary N) is 1. The van der Waals surface area contributed by atoms with E-state index in [0.717, 1.165) is 0 Å². The standard InChI is InChI=1S/C12H21N5O4/c13-5-7(6-18)16-11(20)9-2-1-3-17(9)12(21)8(14)4-10(15)19/h6-9H,1-5,13-14H2,(H2,15,19)(H,16,20)/t7-,8-,9-/m0/s1. The van der Waals surface area contributed by atoms with E-state index in [9.17, 15) is 19.2 Å². The minimum Gasteiger partial charge on any atom is -0.370 e. The SMILES string of the molecule is NC[C@@H](C=O)NC(=O)[C@@H]1CCCN1C(=O)[C@@H](N)CC(N)=O. The molecule has 118 valence electrons. The number of primary amides is 1. The van der Waals surface area contributed by atoms with Crippen molar-refractivity contribution in [2.45, 2.75) is 37.4 Å². The van der Waals surface area contributed by atoms with Crippen molar-refractivity contribution < 1.29 is 19.2 Å². The minimum absolute atomic E-state index is 0.0168. The van der Waals surface area contributed by atoms with E-state index in [1.54, 1.807) is 0 Å². The van der Waals surface area contributed by atoms with Gasteiger partial charge in [-0.25, -0.2) is 0 Å². The highest BCUT2D eigenvalue weighted by atomic mass is 16.2. The Morgan fingerprint density at radius 2 is 2.05 bits per heavy atom. The van der Waals surface area contributed by atoms with Crippen molar-refractivity contribution in [2.75, 3.05) is 13.1 Å². The van der Waals surface area contributed by atoms with E-state index in [1.165, 1.54) is 4.90 Å². The molecular weight excluding hydrogens is 278 g/mol.